The van der Waals surface area contributed by atoms with E-state index in [2.05, 4.69) is 27.0 Å². The third-order valence-corrected chi connectivity index (χ3v) is 6.12. The maximum Gasteiger partial charge on any atom is 0.337 e. The zero-order chi connectivity index (χ0) is 17.4. The quantitative estimate of drug-likeness (QED) is 0.789. The van der Waals surface area contributed by atoms with Crippen LogP contribution in [-0.4, -0.2) is 43.1 Å². The highest BCUT2D eigenvalue weighted by Crippen LogP contribution is 2.48. The number of fused-ring (bicyclic) bond motifs is 1. The van der Waals surface area contributed by atoms with E-state index in [0.717, 1.165) is 13.0 Å². The Morgan fingerprint density at radius 3 is 3.04 bits per heavy atom. The Bertz CT molecular complexity index is 723. The van der Waals surface area contributed by atoms with Crippen molar-refractivity contribution in [1.82, 2.24) is 15.5 Å². The van der Waals surface area contributed by atoms with Gasteiger partial charge in [-0.1, -0.05) is 0 Å². The van der Waals surface area contributed by atoms with Gasteiger partial charge in [-0.2, -0.15) is 0 Å². The molecule has 1 aromatic heterocycles. The van der Waals surface area contributed by atoms with Crippen molar-refractivity contribution in [3.63, 3.8) is 0 Å². The molecule has 2 N–H and O–H groups in total. The van der Waals surface area contributed by atoms with Crippen molar-refractivity contribution in [2.75, 3.05) is 26.2 Å². The average Bonchev–Trinajstić information content (AvgIpc) is 3.31. The van der Waals surface area contributed by atoms with E-state index < -0.39 is 0 Å². The second-order valence-electron chi connectivity index (χ2n) is 6.79. The molecule has 0 bridgehead atoms. The van der Waals surface area contributed by atoms with Gasteiger partial charge < -0.3 is 15.4 Å². The fourth-order valence-corrected chi connectivity index (χ4v) is 4.74. The molecule has 25 heavy (non-hydrogen) atoms. The Balaban J connectivity index is 1.60. The molecule has 0 radical (unpaired) electrons. The third kappa shape index (κ3) is 3.30. The molecule has 1 aliphatic carbocycles. The number of ether oxygens (including phenoxy) is 1. The van der Waals surface area contributed by atoms with E-state index >= 15 is 0 Å². The number of hydrogen-bond donors (Lipinski definition) is 2. The molecule has 3 aliphatic rings. The molecule has 1 fully saturated rings. The molecule has 0 aromatic carbocycles. The summed E-state index contributed by atoms with van der Waals surface area (Å²) in [6.45, 7) is 3.89. The number of carbonyl (C=O) groups is 2. The van der Waals surface area contributed by atoms with Crippen LogP contribution in [-0.2, 0) is 16.0 Å². The van der Waals surface area contributed by atoms with Crippen LogP contribution in [0, 0.1) is 5.92 Å². The molecule has 134 valence electrons. The predicted octanol–water partition coefficient (Wildman–Crippen LogP) is 2.19. The van der Waals surface area contributed by atoms with Crippen LogP contribution in [0.4, 0.5) is 4.79 Å². The van der Waals surface area contributed by atoms with Gasteiger partial charge in [0, 0.05) is 29.7 Å². The lowest BCUT2D eigenvalue weighted by molar-refractivity contribution is -0.138. The van der Waals surface area contributed by atoms with Crippen LogP contribution in [0.25, 0.3) is 0 Å². The monoisotopic (exact) mass is 361 g/mol. The van der Waals surface area contributed by atoms with Crippen molar-refractivity contribution >= 4 is 23.3 Å². The molecule has 2 aliphatic heterocycles. The lowest BCUT2D eigenvalue weighted by Crippen LogP contribution is -2.48. The second kappa shape index (κ2) is 6.80. The van der Waals surface area contributed by atoms with E-state index in [1.165, 1.54) is 23.3 Å². The molecular weight excluding hydrogens is 338 g/mol. The minimum atomic E-state index is -0.346. The minimum Gasteiger partial charge on any atom is -0.463 e. The number of urea groups is 1. The largest absolute Gasteiger partial charge is 0.463 e. The predicted molar refractivity (Wildman–Crippen MR) is 95.3 cm³/mol. The first-order chi connectivity index (χ1) is 12.2. The summed E-state index contributed by atoms with van der Waals surface area (Å²) in [4.78, 5) is 28.0. The Hall–Kier alpha value is -1.86. The molecule has 0 saturated heterocycles. The first kappa shape index (κ1) is 16.6. The van der Waals surface area contributed by atoms with Crippen LogP contribution in [0.5, 0.6) is 0 Å². The smallest absolute Gasteiger partial charge is 0.337 e. The molecule has 1 atom stereocenters. The van der Waals surface area contributed by atoms with Gasteiger partial charge in [0.05, 0.1) is 18.7 Å². The van der Waals surface area contributed by atoms with Crippen molar-refractivity contribution in [3.8, 4) is 0 Å². The van der Waals surface area contributed by atoms with Crippen LogP contribution in [0.3, 0.4) is 0 Å². The first-order valence-corrected chi connectivity index (χ1v) is 9.79. The Morgan fingerprint density at radius 2 is 2.28 bits per heavy atom. The number of rotatable bonds is 5. The normalized spacial score (nSPS) is 23.7. The van der Waals surface area contributed by atoms with E-state index in [4.69, 9.17) is 4.74 Å². The first-order valence-electron chi connectivity index (χ1n) is 8.91. The maximum atomic E-state index is 12.3. The highest BCUT2D eigenvalue weighted by molar-refractivity contribution is 7.10. The summed E-state index contributed by atoms with van der Waals surface area (Å²) in [6.07, 6.45) is 3.55. The van der Waals surface area contributed by atoms with Crippen LogP contribution in [0.15, 0.2) is 22.7 Å². The summed E-state index contributed by atoms with van der Waals surface area (Å²) >= 11 is 1.84. The maximum absolute atomic E-state index is 12.3. The van der Waals surface area contributed by atoms with Gasteiger partial charge in [0.2, 0.25) is 0 Å². The topological polar surface area (TPSA) is 70.7 Å². The van der Waals surface area contributed by atoms with Crippen molar-refractivity contribution in [1.29, 1.82) is 0 Å². The van der Waals surface area contributed by atoms with Gasteiger partial charge in [-0.25, -0.2) is 9.59 Å². The van der Waals surface area contributed by atoms with E-state index in [1.54, 1.807) is 6.92 Å². The van der Waals surface area contributed by atoms with Crippen molar-refractivity contribution in [2.45, 2.75) is 32.2 Å². The minimum absolute atomic E-state index is 0.228. The number of amides is 2. The summed E-state index contributed by atoms with van der Waals surface area (Å²) < 4.78 is 5.16. The van der Waals surface area contributed by atoms with Crippen LogP contribution in [0.2, 0.25) is 0 Å². The van der Waals surface area contributed by atoms with Gasteiger partial charge in [-0.05, 0) is 49.1 Å². The summed E-state index contributed by atoms with van der Waals surface area (Å²) in [6, 6.07) is 2.40. The Morgan fingerprint density at radius 1 is 1.44 bits per heavy atom. The number of nitrogens with one attached hydrogen (secondary N) is 2. The number of esters is 1. The van der Waals surface area contributed by atoms with E-state index in [-0.39, 0.29) is 18.5 Å². The summed E-state index contributed by atoms with van der Waals surface area (Å²) in [7, 11) is 0. The SMILES string of the molecule is CCOC(=O)C1=C(CN2CCc3sccc3[C@H]2C2CC2)NC(=O)NC1. The van der Waals surface area contributed by atoms with Crippen LogP contribution in [0.1, 0.15) is 36.2 Å². The second-order valence-corrected chi connectivity index (χ2v) is 7.79. The molecule has 2 amide bonds. The van der Waals surface area contributed by atoms with Gasteiger partial charge in [0.15, 0.2) is 0 Å². The van der Waals surface area contributed by atoms with Gasteiger partial charge in [0.1, 0.15) is 0 Å². The molecular formula is C18H23N3O3S. The van der Waals surface area contributed by atoms with E-state index in [1.807, 2.05) is 11.3 Å². The lowest BCUT2D eigenvalue weighted by atomic mass is 9.95. The molecule has 1 saturated carbocycles. The molecule has 4 rings (SSSR count). The lowest BCUT2D eigenvalue weighted by Gasteiger charge is -2.37. The molecule has 0 spiro atoms. The van der Waals surface area contributed by atoms with Crippen molar-refractivity contribution in [2.24, 2.45) is 5.92 Å². The standard InChI is InChI=1S/C18H23N3O3S/c1-2-24-17(22)13-9-19-18(23)20-14(13)10-21-7-5-15-12(6-8-25-15)16(21)11-3-4-11/h6,8,11,16H,2-5,7,9-10H2,1H3,(H2,19,20,23)/t16-/m1/s1. The van der Waals surface area contributed by atoms with Crippen molar-refractivity contribution in [3.05, 3.63) is 33.2 Å². The Labute approximate surface area is 151 Å². The zero-order valence-corrected chi connectivity index (χ0v) is 15.2. The number of carbonyl (C=O) groups excluding carboxylic acids is 2. The van der Waals surface area contributed by atoms with Gasteiger partial charge in [-0.3, -0.25) is 4.90 Å². The highest BCUT2D eigenvalue weighted by Gasteiger charge is 2.40. The molecule has 1 aromatic rings. The number of thiophene rings is 1. The van der Waals surface area contributed by atoms with Crippen molar-refractivity contribution < 1.29 is 14.3 Å². The van der Waals surface area contributed by atoms with Gasteiger partial charge in [0.25, 0.3) is 0 Å². The Kier molecular flexibility index (Phi) is 4.52. The summed E-state index contributed by atoms with van der Waals surface area (Å²) in [5.41, 5.74) is 2.66. The number of hydrogen-bond acceptors (Lipinski definition) is 5. The van der Waals surface area contributed by atoms with E-state index in [9.17, 15) is 9.59 Å². The van der Waals surface area contributed by atoms with Crippen LogP contribution >= 0.6 is 11.3 Å². The summed E-state index contributed by atoms with van der Waals surface area (Å²) in [5, 5.41) is 7.69. The molecule has 6 nitrogen and oxygen atoms in total. The molecule has 3 heterocycles. The average molecular weight is 361 g/mol. The van der Waals surface area contributed by atoms with Gasteiger partial charge >= 0.3 is 12.0 Å². The third-order valence-electron chi connectivity index (χ3n) is 5.12. The summed E-state index contributed by atoms with van der Waals surface area (Å²) in [5.74, 6) is 0.346. The molecule has 0 unspecified atom stereocenters. The highest BCUT2D eigenvalue weighted by atomic mass is 32.1. The fourth-order valence-electron chi connectivity index (χ4n) is 3.82. The fraction of sp³-hybridized carbons (Fsp3) is 0.556. The van der Waals surface area contributed by atoms with Gasteiger partial charge in [-0.15, -0.1) is 11.3 Å². The van der Waals surface area contributed by atoms with Crippen LogP contribution < -0.4 is 10.6 Å². The number of nitrogens with zero attached hydrogens (tertiary/aromatic N) is 1. The zero-order valence-electron chi connectivity index (χ0n) is 14.3. The van der Waals surface area contributed by atoms with E-state index in [0.29, 0.717) is 36.4 Å². The molecule has 7 heteroatoms.